The molecule has 0 bridgehead atoms. The highest BCUT2D eigenvalue weighted by molar-refractivity contribution is 7.98. The van der Waals surface area contributed by atoms with E-state index < -0.39 is 35.3 Å². The van der Waals surface area contributed by atoms with E-state index in [9.17, 15) is 19.5 Å². The largest absolute Gasteiger partial charge is 0.480 e. The summed E-state index contributed by atoms with van der Waals surface area (Å²) in [5.74, 6) is -3.09. The molecule has 4 unspecified atom stereocenters. The number of carbonyl (C=O) groups is 3. The number of thioether (sulfide) groups is 1. The van der Waals surface area contributed by atoms with Gasteiger partial charge in [0.15, 0.2) is 0 Å². The number of nitrogens with zero attached hydrogens (tertiary/aromatic N) is 1. The summed E-state index contributed by atoms with van der Waals surface area (Å²) >= 11 is 1.53. The van der Waals surface area contributed by atoms with Crippen LogP contribution in [0.2, 0.25) is 0 Å². The molecule has 0 saturated carbocycles. The Morgan fingerprint density at radius 1 is 0.881 bits per heavy atom. The van der Waals surface area contributed by atoms with Crippen LogP contribution >= 0.6 is 11.8 Å². The molecule has 212 valence electrons. The van der Waals surface area contributed by atoms with Crippen molar-refractivity contribution in [2.45, 2.75) is 24.5 Å². The van der Waals surface area contributed by atoms with Gasteiger partial charge in [-0.25, -0.2) is 0 Å². The summed E-state index contributed by atoms with van der Waals surface area (Å²) in [6, 6.07) is 30.9. The van der Waals surface area contributed by atoms with Crippen molar-refractivity contribution in [3.63, 3.8) is 0 Å². The second-order valence-corrected chi connectivity index (χ2v) is 11.9. The molecule has 4 aromatic rings. The van der Waals surface area contributed by atoms with Crippen molar-refractivity contribution in [2.24, 2.45) is 11.8 Å². The molecular formula is C35H32N2O4S. The highest BCUT2D eigenvalue weighted by atomic mass is 32.2. The number of benzene rings is 4. The lowest BCUT2D eigenvalue weighted by atomic mass is 9.78. The number of amides is 2. The molecule has 6 nitrogen and oxygen atoms in total. The molecule has 0 aromatic heterocycles. The van der Waals surface area contributed by atoms with Crippen LogP contribution in [-0.2, 0) is 20.9 Å². The van der Waals surface area contributed by atoms with Crippen LogP contribution in [0.25, 0.3) is 22.9 Å². The number of likely N-dealkylation sites (tertiary alicyclic amines) is 1. The first-order chi connectivity index (χ1) is 20.4. The minimum absolute atomic E-state index is 0.111. The lowest BCUT2D eigenvalue weighted by molar-refractivity contribution is -0.151. The van der Waals surface area contributed by atoms with Gasteiger partial charge in [0.2, 0.25) is 11.8 Å². The molecule has 42 heavy (non-hydrogen) atoms. The highest BCUT2D eigenvalue weighted by Crippen LogP contribution is 2.50. The second kappa shape index (κ2) is 11.6. The lowest BCUT2D eigenvalue weighted by Gasteiger charge is -2.31. The number of hydrogen-bond donors (Lipinski definition) is 2. The zero-order valence-electron chi connectivity index (χ0n) is 23.3. The molecule has 2 amide bonds. The van der Waals surface area contributed by atoms with Crippen LogP contribution in [0.5, 0.6) is 0 Å². The van der Waals surface area contributed by atoms with E-state index >= 15 is 0 Å². The Kier molecular flexibility index (Phi) is 7.71. The van der Waals surface area contributed by atoms with Crippen LogP contribution in [0.4, 0.5) is 0 Å². The molecule has 0 spiro atoms. The predicted octanol–water partition coefficient (Wildman–Crippen LogP) is 6.03. The van der Waals surface area contributed by atoms with Gasteiger partial charge in [0, 0.05) is 6.04 Å². The average molecular weight is 577 g/mol. The Hall–Kier alpha value is -4.20. The first-order valence-corrected chi connectivity index (χ1v) is 15.5. The maximum atomic E-state index is 14.1. The highest BCUT2D eigenvalue weighted by Gasteiger charge is 2.68. The summed E-state index contributed by atoms with van der Waals surface area (Å²) in [4.78, 5) is 42.4. The Morgan fingerprint density at radius 3 is 2.26 bits per heavy atom. The summed E-state index contributed by atoms with van der Waals surface area (Å²) in [5, 5.41) is 15.9. The molecule has 2 aliphatic rings. The molecule has 4 aromatic carbocycles. The second-order valence-electron chi connectivity index (χ2n) is 11.0. The van der Waals surface area contributed by atoms with Gasteiger partial charge < -0.3 is 5.11 Å². The molecule has 7 heteroatoms. The Bertz CT molecular complexity index is 1660. The van der Waals surface area contributed by atoms with Crippen molar-refractivity contribution < 1.29 is 19.5 Å². The van der Waals surface area contributed by atoms with Gasteiger partial charge in [0.05, 0.1) is 18.4 Å². The summed E-state index contributed by atoms with van der Waals surface area (Å²) in [6.45, 7) is 0.111. The SMILES string of the molecule is CSCCC1(C(=O)O)NC(c2ccc(/C=C/c3ccccc3)cc2)C2C(=O)N(Cc3cccc4ccccc34)C(=O)C21. The van der Waals surface area contributed by atoms with Crippen LogP contribution in [0.1, 0.15) is 34.7 Å². The lowest BCUT2D eigenvalue weighted by Crippen LogP contribution is -2.56. The average Bonchev–Trinajstić information content (AvgIpc) is 3.50. The van der Waals surface area contributed by atoms with Gasteiger partial charge in [0.25, 0.3) is 0 Å². The van der Waals surface area contributed by atoms with Gasteiger partial charge in [0.1, 0.15) is 5.54 Å². The van der Waals surface area contributed by atoms with E-state index in [2.05, 4.69) is 5.32 Å². The quantitative estimate of drug-likeness (QED) is 0.187. The van der Waals surface area contributed by atoms with E-state index in [-0.39, 0.29) is 18.9 Å². The van der Waals surface area contributed by atoms with Gasteiger partial charge in [-0.3, -0.25) is 24.6 Å². The summed E-state index contributed by atoms with van der Waals surface area (Å²) in [6.07, 6.45) is 6.19. The van der Waals surface area contributed by atoms with Crippen LogP contribution in [0.15, 0.2) is 97.1 Å². The molecule has 2 heterocycles. The van der Waals surface area contributed by atoms with E-state index in [0.29, 0.717) is 5.75 Å². The minimum Gasteiger partial charge on any atom is -0.480 e. The predicted molar refractivity (Wildman–Crippen MR) is 168 cm³/mol. The van der Waals surface area contributed by atoms with Crippen molar-refractivity contribution in [3.05, 3.63) is 119 Å². The van der Waals surface area contributed by atoms with Crippen LogP contribution < -0.4 is 5.32 Å². The zero-order valence-corrected chi connectivity index (χ0v) is 24.1. The smallest absolute Gasteiger partial charge is 0.324 e. The maximum absolute atomic E-state index is 14.1. The number of carboxylic acids is 1. The zero-order chi connectivity index (χ0) is 29.3. The molecule has 0 radical (unpaired) electrons. The van der Waals surface area contributed by atoms with Gasteiger partial charge in [-0.15, -0.1) is 0 Å². The molecule has 2 saturated heterocycles. The van der Waals surface area contributed by atoms with E-state index in [0.717, 1.165) is 33.0 Å². The number of imide groups is 1. The topological polar surface area (TPSA) is 86.7 Å². The van der Waals surface area contributed by atoms with Gasteiger partial charge in [-0.05, 0) is 51.5 Å². The minimum atomic E-state index is -1.54. The summed E-state index contributed by atoms with van der Waals surface area (Å²) in [7, 11) is 0. The normalized spacial score (nSPS) is 23.6. The summed E-state index contributed by atoms with van der Waals surface area (Å²) < 4.78 is 0. The fourth-order valence-electron chi connectivity index (χ4n) is 6.47. The van der Waals surface area contributed by atoms with Gasteiger partial charge >= 0.3 is 5.97 Å². The van der Waals surface area contributed by atoms with E-state index in [1.807, 2.05) is 115 Å². The first-order valence-electron chi connectivity index (χ1n) is 14.1. The van der Waals surface area contributed by atoms with E-state index in [1.54, 1.807) is 0 Å². The van der Waals surface area contributed by atoms with Crippen LogP contribution in [0, 0.1) is 11.8 Å². The van der Waals surface area contributed by atoms with Gasteiger partial charge in [-0.1, -0.05) is 109 Å². The summed E-state index contributed by atoms with van der Waals surface area (Å²) in [5.41, 5.74) is 2.18. The third-order valence-electron chi connectivity index (χ3n) is 8.60. The molecule has 0 aliphatic carbocycles. The standard InChI is InChI=1S/C35H32N2O4S/c1-42-21-20-35(34(40)41)30-29(31(36-35)26-18-16-24(17-19-26)15-14-23-8-3-2-4-9-23)32(38)37(33(30)39)22-27-12-7-11-25-10-5-6-13-28(25)27/h2-19,29-31,36H,20-22H2,1H3,(H,40,41)/b15-14+. The Morgan fingerprint density at radius 2 is 1.55 bits per heavy atom. The number of carboxylic acid groups (broad SMARTS) is 1. The Labute approximate surface area is 249 Å². The van der Waals surface area contributed by atoms with Crippen LogP contribution in [0.3, 0.4) is 0 Å². The maximum Gasteiger partial charge on any atom is 0.324 e. The molecular weight excluding hydrogens is 544 g/mol. The number of fused-ring (bicyclic) bond motifs is 2. The number of aliphatic carboxylic acids is 1. The number of carbonyl (C=O) groups excluding carboxylic acids is 2. The molecule has 2 aliphatic heterocycles. The monoisotopic (exact) mass is 576 g/mol. The number of hydrogen-bond acceptors (Lipinski definition) is 5. The van der Waals surface area contributed by atoms with E-state index in [4.69, 9.17) is 0 Å². The first kappa shape index (κ1) is 27.9. The molecule has 4 atom stereocenters. The van der Waals surface area contributed by atoms with Crippen molar-refractivity contribution in [2.75, 3.05) is 12.0 Å². The molecule has 2 N–H and O–H groups in total. The van der Waals surface area contributed by atoms with Crippen molar-refractivity contribution in [1.29, 1.82) is 0 Å². The Balaban J connectivity index is 1.35. The number of nitrogens with one attached hydrogen (secondary N) is 1. The fraction of sp³-hybridized carbons (Fsp3) is 0.229. The third-order valence-corrected chi connectivity index (χ3v) is 9.21. The third kappa shape index (κ3) is 4.93. The van der Waals surface area contributed by atoms with E-state index in [1.165, 1.54) is 16.7 Å². The van der Waals surface area contributed by atoms with Crippen molar-refractivity contribution >= 4 is 52.5 Å². The van der Waals surface area contributed by atoms with Crippen LogP contribution in [-0.4, -0.2) is 45.3 Å². The van der Waals surface area contributed by atoms with Crippen molar-refractivity contribution in [3.8, 4) is 0 Å². The van der Waals surface area contributed by atoms with Crippen molar-refractivity contribution in [1.82, 2.24) is 10.2 Å². The van der Waals surface area contributed by atoms with Gasteiger partial charge in [-0.2, -0.15) is 11.8 Å². The number of rotatable bonds is 9. The molecule has 6 rings (SSSR count). The molecule has 2 fully saturated rings. The fourth-order valence-corrected chi connectivity index (χ4v) is 7.00.